The highest BCUT2D eigenvalue weighted by Gasteiger charge is 2.40. The highest BCUT2D eigenvalue weighted by atomic mass is 16.3. The van der Waals surface area contributed by atoms with Crippen molar-refractivity contribution in [1.82, 2.24) is 34.1 Å². The summed E-state index contributed by atoms with van der Waals surface area (Å²) < 4.78 is 17.5. The smallest absolute Gasteiger partial charge is 0.164 e. The molecule has 0 unspecified atom stereocenters. The topological polar surface area (TPSA) is 101 Å². The number of benzene rings is 14. The van der Waals surface area contributed by atoms with Crippen LogP contribution in [0.5, 0.6) is 0 Å². The van der Waals surface area contributed by atoms with Gasteiger partial charge in [-0.25, -0.2) is 24.9 Å². The fraction of sp³-hybridized carbons (Fsp3) is 0.0632. The minimum Gasteiger partial charge on any atom is -0.456 e. The summed E-state index contributed by atoms with van der Waals surface area (Å²) in [4.78, 5) is 24.9. The maximum absolute atomic E-state index is 6.36. The normalized spacial score (nSPS) is 13.3. The lowest BCUT2D eigenvalue weighted by Crippen LogP contribution is -2.15. The van der Waals surface area contributed by atoms with Crippen LogP contribution in [0.4, 0.5) is 0 Å². The van der Waals surface area contributed by atoms with Gasteiger partial charge in [-0.05, 0) is 160 Å². The molecular weight excluding hydrogens is 1270 g/mol. The number of rotatable bonds is 7. The van der Waals surface area contributed by atoms with Gasteiger partial charge in [0.2, 0.25) is 0 Å². The zero-order chi connectivity index (χ0) is 69.1. The third-order valence-electron chi connectivity index (χ3n) is 22.1. The number of aromatic nitrogens is 7. The van der Waals surface area contributed by atoms with E-state index in [9.17, 15) is 0 Å². The first-order valence-electron chi connectivity index (χ1n) is 35.5. The second kappa shape index (κ2) is 22.6. The van der Waals surface area contributed by atoms with Gasteiger partial charge in [0.15, 0.2) is 23.3 Å². The van der Waals surface area contributed by atoms with E-state index >= 15 is 0 Å². The fourth-order valence-electron chi connectivity index (χ4n) is 17.0. The van der Waals surface area contributed by atoms with Gasteiger partial charge in [-0.2, -0.15) is 0 Å². The van der Waals surface area contributed by atoms with Crippen molar-refractivity contribution in [1.29, 1.82) is 0 Å². The Labute approximate surface area is 598 Å². The maximum Gasteiger partial charge on any atom is 0.164 e. The van der Waals surface area contributed by atoms with Crippen LogP contribution in [0.1, 0.15) is 49.9 Å². The van der Waals surface area contributed by atoms with Crippen molar-refractivity contribution in [2.24, 2.45) is 0 Å². The molecule has 0 fully saturated rings. The van der Waals surface area contributed by atoms with Gasteiger partial charge in [0.1, 0.15) is 22.3 Å². The van der Waals surface area contributed by atoms with Crippen LogP contribution in [-0.4, -0.2) is 34.1 Å². The van der Waals surface area contributed by atoms with E-state index in [4.69, 9.17) is 33.8 Å². The Bertz CT molecular complexity index is 6890. The van der Waals surface area contributed by atoms with Crippen molar-refractivity contribution < 1.29 is 8.83 Å². The third kappa shape index (κ3) is 8.96. The van der Waals surface area contributed by atoms with Gasteiger partial charge in [0, 0.05) is 98.5 Å². The Balaban J connectivity index is 0.000000134. The molecule has 490 valence electrons. The summed E-state index contributed by atoms with van der Waals surface area (Å²) in [5.74, 6) is 2.66. The molecule has 0 N–H and O–H groups in total. The van der Waals surface area contributed by atoms with E-state index in [0.29, 0.717) is 17.5 Å². The Morgan fingerprint density at radius 3 is 1.08 bits per heavy atom. The Hall–Kier alpha value is -13.4. The predicted octanol–water partition coefficient (Wildman–Crippen LogP) is 24.4. The predicted molar refractivity (Wildman–Crippen MR) is 425 cm³/mol. The number of furan rings is 2. The molecular formula is C95H63N7O2. The molecule has 0 spiro atoms. The van der Waals surface area contributed by atoms with Crippen molar-refractivity contribution in [3.8, 4) is 90.4 Å². The second-order valence-corrected chi connectivity index (χ2v) is 28.6. The van der Waals surface area contributed by atoms with Crippen LogP contribution < -0.4 is 0 Å². The van der Waals surface area contributed by atoms with Gasteiger partial charge < -0.3 is 18.0 Å². The van der Waals surface area contributed by atoms with E-state index in [1.54, 1.807) is 0 Å². The molecule has 0 radical (unpaired) electrons. The summed E-state index contributed by atoms with van der Waals surface area (Å²) in [5.41, 5.74) is 27.5. The molecule has 0 aliphatic heterocycles. The quantitative estimate of drug-likeness (QED) is 0.157. The lowest BCUT2D eigenvalue weighted by Gasteiger charge is -2.21. The van der Waals surface area contributed by atoms with E-state index in [0.717, 1.165) is 89.3 Å². The van der Waals surface area contributed by atoms with Crippen LogP contribution in [0, 0.1) is 0 Å². The molecule has 14 aromatic carbocycles. The average molecular weight is 1330 g/mol. The fourth-order valence-corrected chi connectivity index (χ4v) is 17.0. The van der Waals surface area contributed by atoms with Crippen LogP contribution in [0.15, 0.2) is 318 Å². The van der Waals surface area contributed by atoms with Crippen molar-refractivity contribution in [2.75, 3.05) is 0 Å². The van der Waals surface area contributed by atoms with Gasteiger partial charge in [-0.15, -0.1) is 0 Å². The minimum absolute atomic E-state index is 0.180. The number of hydrogen-bond acceptors (Lipinski definition) is 7. The van der Waals surface area contributed by atoms with Gasteiger partial charge in [0.05, 0.1) is 33.3 Å². The lowest BCUT2D eigenvalue weighted by molar-refractivity contribution is 0.656. The molecule has 9 heteroatoms. The number of fused-ring (bicyclic) bond motifs is 21. The van der Waals surface area contributed by atoms with Crippen molar-refractivity contribution in [2.45, 2.75) is 38.5 Å². The van der Waals surface area contributed by atoms with Crippen LogP contribution in [-0.2, 0) is 10.8 Å². The summed E-state index contributed by atoms with van der Waals surface area (Å²) in [5, 5.41) is 10.7. The molecule has 0 atom stereocenters. The van der Waals surface area contributed by atoms with Crippen molar-refractivity contribution in [3.05, 3.63) is 332 Å². The Kier molecular flexibility index (Phi) is 12.9. The standard InChI is InChI=1S/C48H32N4O.C47H31N3O/c1-48(2)37-25-26-42-44(34-18-10-12-20-41(34)53-42)43(37)36-27-35-33-17-9-11-19-39(33)52(40(35)28-38(36)48)32-23-21-31(22-24-32)47-50-45(29-13-5-3-6-14-29)49-46(51-47)30-15-7-4-8-16-30;1-47(2)36-24-25-42-44(33-16-8-11-19-41(33)51-42)43(36)35-26-34-31-14-7-10-18-39(31)50(40(34)27-37(35)47)30-22-20-29(21-23-30)46-48-38-17-9-6-15-32(38)45(49-46)28-12-4-3-5-13-28/h3-28H,1-2H3;3-27H,1-2H3. The number of hydrogen-bond donors (Lipinski definition) is 0. The highest BCUT2D eigenvalue weighted by Crippen LogP contribution is 2.57. The molecule has 2 aliphatic carbocycles. The molecule has 0 amide bonds. The molecule has 0 saturated heterocycles. The molecule has 9 nitrogen and oxygen atoms in total. The summed E-state index contributed by atoms with van der Waals surface area (Å²) >= 11 is 0. The van der Waals surface area contributed by atoms with Gasteiger partial charge >= 0.3 is 0 Å². The molecule has 2 aliphatic rings. The van der Waals surface area contributed by atoms with Crippen LogP contribution >= 0.6 is 0 Å². The molecule has 0 saturated carbocycles. The Morgan fingerprint density at radius 1 is 0.260 bits per heavy atom. The summed E-state index contributed by atoms with van der Waals surface area (Å²) in [7, 11) is 0. The zero-order valence-electron chi connectivity index (χ0n) is 57.4. The van der Waals surface area contributed by atoms with E-state index in [1.165, 1.54) is 104 Å². The molecule has 0 bridgehead atoms. The van der Waals surface area contributed by atoms with Crippen molar-refractivity contribution >= 4 is 98.4 Å². The Morgan fingerprint density at radius 2 is 0.625 bits per heavy atom. The number of nitrogens with zero attached hydrogens (tertiary/aromatic N) is 7. The van der Waals surface area contributed by atoms with Gasteiger partial charge in [0.25, 0.3) is 0 Å². The van der Waals surface area contributed by atoms with E-state index in [2.05, 4.69) is 255 Å². The molecule has 104 heavy (non-hydrogen) atoms. The molecule has 6 heterocycles. The second-order valence-electron chi connectivity index (χ2n) is 28.6. The summed E-state index contributed by atoms with van der Waals surface area (Å²) in [6.07, 6.45) is 0. The highest BCUT2D eigenvalue weighted by molar-refractivity contribution is 6.20. The molecule has 22 rings (SSSR count). The molecule has 20 aromatic rings. The van der Waals surface area contributed by atoms with Crippen LogP contribution in [0.3, 0.4) is 0 Å². The largest absolute Gasteiger partial charge is 0.456 e. The van der Waals surface area contributed by atoms with E-state index in [-0.39, 0.29) is 10.8 Å². The minimum atomic E-state index is -0.192. The zero-order valence-corrected chi connectivity index (χ0v) is 57.4. The van der Waals surface area contributed by atoms with Gasteiger partial charge in [-0.1, -0.05) is 222 Å². The first-order valence-corrected chi connectivity index (χ1v) is 35.5. The van der Waals surface area contributed by atoms with E-state index < -0.39 is 0 Å². The van der Waals surface area contributed by atoms with Crippen molar-refractivity contribution in [3.63, 3.8) is 0 Å². The first-order chi connectivity index (χ1) is 51.1. The van der Waals surface area contributed by atoms with Crippen LogP contribution in [0.25, 0.3) is 189 Å². The first kappa shape index (κ1) is 59.5. The van der Waals surface area contributed by atoms with Crippen LogP contribution in [0.2, 0.25) is 0 Å². The monoisotopic (exact) mass is 1330 g/mol. The number of para-hydroxylation sites is 5. The SMILES string of the molecule is CC1(C)c2cc3c(cc2-c2c1ccc1oc4ccccc4c21)c1ccccc1n3-c1ccc(-c2nc(-c3ccccc3)c3ccccc3n2)cc1.CC1(C)c2cc3c(cc2-c2c1ccc1oc4ccccc4c21)c1ccccc1n3-c1ccc(-c2nc(-c3ccccc3)nc(-c3ccccc3)n2)cc1. The van der Waals surface area contributed by atoms with E-state index in [1.807, 2.05) is 91.0 Å². The maximum atomic E-state index is 6.36. The third-order valence-corrected chi connectivity index (χ3v) is 22.1. The van der Waals surface area contributed by atoms with Gasteiger partial charge in [-0.3, -0.25) is 0 Å². The molecule has 6 aromatic heterocycles. The average Bonchev–Trinajstić information content (AvgIpc) is 1.54. The summed E-state index contributed by atoms with van der Waals surface area (Å²) in [6, 6.07) is 109. The lowest BCUT2D eigenvalue weighted by atomic mass is 9.82. The summed E-state index contributed by atoms with van der Waals surface area (Å²) in [6.45, 7) is 9.41.